The summed E-state index contributed by atoms with van der Waals surface area (Å²) in [6.45, 7) is 2.74. The minimum absolute atomic E-state index is 0. The van der Waals surface area contributed by atoms with E-state index in [-0.39, 0.29) is 18.3 Å². The van der Waals surface area contributed by atoms with Gasteiger partial charge in [-0.2, -0.15) is 0 Å². The quantitative estimate of drug-likeness (QED) is 0.654. The predicted molar refractivity (Wildman–Crippen MR) is 81.9 cm³/mol. The fourth-order valence-electron chi connectivity index (χ4n) is 1.46. The van der Waals surface area contributed by atoms with Crippen LogP contribution in [-0.2, 0) is 4.79 Å². The molecule has 0 bridgehead atoms. The highest BCUT2D eigenvalue weighted by Gasteiger charge is 2.05. The zero-order valence-corrected chi connectivity index (χ0v) is 12.8. The van der Waals surface area contributed by atoms with Crippen LogP contribution in [0.3, 0.4) is 0 Å². The number of hydrogen-bond donors (Lipinski definition) is 3. The monoisotopic (exact) mass is 303 g/mol. The van der Waals surface area contributed by atoms with Crippen LogP contribution in [0.25, 0.3) is 0 Å². The lowest BCUT2D eigenvalue weighted by atomic mass is 10.2. The van der Waals surface area contributed by atoms with E-state index in [2.05, 4.69) is 10.6 Å². The minimum Gasteiger partial charge on any atom is -0.497 e. The van der Waals surface area contributed by atoms with Gasteiger partial charge in [0.1, 0.15) is 11.5 Å². The molecule has 0 fully saturated rings. The fraction of sp³-hybridized carbons (Fsp3) is 0.462. The Kier molecular flexibility index (Phi) is 8.51. The maximum atomic E-state index is 11.3. The molecule has 0 heterocycles. The van der Waals surface area contributed by atoms with Crippen LogP contribution in [0.4, 0.5) is 5.69 Å². The summed E-state index contributed by atoms with van der Waals surface area (Å²) in [6.07, 6.45) is 0. The Hall–Kier alpha value is -1.66. The van der Waals surface area contributed by atoms with Crippen molar-refractivity contribution < 1.29 is 14.3 Å². The molecule has 0 radical (unpaired) electrons. The molecule has 1 aromatic rings. The average molecular weight is 304 g/mol. The molecule has 20 heavy (non-hydrogen) atoms. The summed E-state index contributed by atoms with van der Waals surface area (Å²) >= 11 is 0. The summed E-state index contributed by atoms with van der Waals surface area (Å²) in [7, 11) is 3.20. The molecular formula is C13H22ClN3O3. The Balaban J connectivity index is 0.00000361. The number of nitrogens with two attached hydrogens (primary N) is 1. The van der Waals surface area contributed by atoms with E-state index >= 15 is 0 Å². The molecule has 0 aliphatic carbocycles. The van der Waals surface area contributed by atoms with Crippen LogP contribution < -0.4 is 25.8 Å². The zero-order chi connectivity index (χ0) is 14.3. The summed E-state index contributed by atoms with van der Waals surface area (Å²) in [5.41, 5.74) is 6.31. The van der Waals surface area contributed by atoms with Crippen molar-refractivity contribution in [3.05, 3.63) is 18.2 Å². The first kappa shape index (κ1) is 18.3. The smallest absolute Gasteiger partial charge is 0.236 e. The molecule has 0 aromatic heterocycles. The second-order valence-electron chi connectivity index (χ2n) is 4.11. The van der Waals surface area contributed by atoms with Crippen molar-refractivity contribution in [3.8, 4) is 11.5 Å². The minimum atomic E-state index is -0.489. The molecule has 0 aliphatic heterocycles. The summed E-state index contributed by atoms with van der Waals surface area (Å²) < 4.78 is 10.3. The largest absolute Gasteiger partial charge is 0.497 e. The zero-order valence-electron chi connectivity index (χ0n) is 11.9. The maximum Gasteiger partial charge on any atom is 0.236 e. The second-order valence-corrected chi connectivity index (χ2v) is 4.11. The van der Waals surface area contributed by atoms with Crippen LogP contribution >= 0.6 is 12.4 Å². The third-order valence-corrected chi connectivity index (χ3v) is 2.52. The van der Waals surface area contributed by atoms with Gasteiger partial charge < -0.3 is 25.8 Å². The number of ether oxygens (including phenoxy) is 2. The van der Waals surface area contributed by atoms with Crippen LogP contribution in [0.1, 0.15) is 6.92 Å². The number of amides is 1. The lowest BCUT2D eigenvalue weighted by Gasteiger charge is -2.12. The maximum absolute atomic E-state index is 11.3. The predicted octanol–water partition coefficient (Wildman–Crippen LogP) is 1.00. The second kappa shape index (κ2) is 9.28. The van der Waals surface area contributed by atoms with Crippen molar-refractivity contribution in [1.29, 1.82) is 0 Å². The highest BCUT2D eigenvalue weighted by molar-refractivity contribution is 5.85. The molecule has 114 valence electrons. The normalized spacial score (nSPS) is 11.0. The van der Waals surface area contributed by atoms with Crippen molar-refractivity contribution in [1.82, 2.24) is 5.32 Å². The van der Waals surface area contributed by atoms with E-state index in [4.69, 9.17) is 15.2 Å². The summed E-state index contributed by atoms with van der Waals surface area (Å²) in [6, 6.07) is 5.02. The molecule has 6 nitrogen and oxygen atoms in total. The van der Waals surface area contributed by atoms with Crippen molar-refractivity contribution in [3.63, 3.8) is 0 Å². The van der Waals surface area contributed by atoms with Crippen LogP contribution in [0.5, 0.6) is 11.5 Å². The summed E-state index contributed by atoms with van der Waals surface area (Å²) in [5, 5.41) is 5.89. The van der Waals surface area contributed by atoms with Crippen LogP contribution in [-0.4, -0.2) is 39.3 Å². The molecular weight excluding hydrogens is 282 g/mol. The number of nitrogens with one attached hydrogen (secondary N) is 2. The number of halogens is 1. The SMILES string of the molecule is COc1cc(NCCNC(=O)C(C)N)cc(OC)c1.Cl. The molecule has 4 N–H and O–H groups in total. The van der Waals surface area contributed by atoms with Crippen molar-refractivity contribution >= 4 is 24.0 Å². The van der Waals surface area contributed by atoms with Gasteiger partial charge in [0.25, 0.3) is 0 Å². The number of benzene rings is 1. The van der Waals surface area contributed by atoms with E-state index in [0.717, 1.165) is 5.69 Å². The highest BCUT2D eigenvalue weighted by atomic mass is 35.5. The molecule has 1 amide bonds. The van der Waals surface area contributed by atoms with Gasteiger partial charge in [0.2, 0.25) is 5.91 Å². The van der Waals surface area contributed by atoms with E-state index in [1.165, 1.54) is 0 Å². The van der Waals surface area contributed by atoms with Gasteiger partial charge in [0.05, 0.1) is 20.3 Å². The molecule has 1 unspecified atom stereocenters. The van der Waals surface area contributed by atoms with E-state index < -0.39 is 6.04 Å². The van der Waals surface area contributed by atoms with Gasteiger partial charge in [-0.15, -0.1) is 12.4 Å². The molecule has 1 atom stereocenters. The Labute approximate surface area is 125 Å². The number of carbonyl (C=O) groups excluding carboxylic acids is 1. The van der Waals surface area contributed by atoms with E-state index in [1.54, 1.807) is 27.2 Å². The van der Waals surface area contributed by atoms with Gasteiger partial charge in [0.15, 0.2) is 0 Å². The fourth-order valence-corrected chi connectivity index (χ4v) is 1.46. The van der Waals surface area contributed by atoms with Crippen molar-refractivity contribution in [2.24, 2.45) is 5.73 Å². The first-order valence-corrected chi connectivity index (χ1v) is 6.07. The number of anilines is 1. The van der Waals surface area contributed by atoms with Crippen molar-refractivity contribution in [2.75, 3.05) is 32.6 Å². The third kappa shape index (κ3) is 5.99. The van der Waals surface area contributed by atoms with Gasteiger partial charge in [-0.05, 0) is 6.92 Å². The number of rotatable bonds is 7. The molecule has 0 spiro atoms. The van der Waals surface area contributed by atoms with Gasteiger partial charge in [-0.3, -0.25) is 4.79 Å². The van der Waals surface area contributed by atoms with Gasteiger partial charge in [0, 0.05) is 37.0 Å². The van der Waals surface area contributed by atoms with E-state index in [0.29, 0.717) is 24.6 Å². The standard InChI is InChI=1S/C13H21N3O3.ClH/c1-9(14)13(17)16-5-4-15-10-6-11(18-2)8-12(7-10)19-3;/h6-9,15H,4-5,14H2,1-3H3,(H,16,17);1H. The third-order valence-electron chi connectivity index (χ3n) is 2.52. The summed E-state index contributed by atoms with van der Waals surface area (Å²) in [4.78, 5) is 11.3. The lowest BCUT2D eigenvalue weighted by molar-refractivity contribution is -0.121. The summed E-state index contributed by atoms with van der Waals surface area (Å²) in [5.74, 6) is 1.26. The first-order valence-electron chi connectivity index (χ1n) is 6.07. The average Bonchev–Trinajstić information content (AvgIpc) is 2.42. The van der Waals surface area contributed by atoms with E-state index in [9.17, 15) is 4.79 Å². The van der Waals surface area contributed by atoms with Gasteiger partial charge in [-0.25, -0.2) is 0 Å². The Bertz CT molecular complexity index is 405. The van der Waals surface area contributed by atoms with Gasteiger partial charge in [-0.1, -0.05) is 0 Å². The van der Waals surface area contributed by atoms with Crippen molar-refractivity contribution in [2.45, 2.75) is 13.0 Å². The molecule has 7 heteroatoms. The number of carbonyl (C=O) groups is 1. The van der Waals surface area contributed by atoms with Crippen LogP contribution in [0.15, 0.2) is 18.2 Å². The lowest BCUT2D eigenvalue weighted by Crippen LogP contribution is -2.40. The Morgan fingerprint density at radius 1 is 1.20 bits per heavy atom. The molecule has 0 saturated heterocycles. The Morgan fingerprint density at radius 2 is 1.75 bits per heavy atom. The highest BCUT2D eigenvalue weighted by Crippen LogP contribution is 2.25. The van der Waals surface area contributed by atoms with Gasteiger partial charge >= 0.3 is 0 Å². The van der Waals surface area contributed by atoms with Crippen LogP contribution in [0, 0.1) is 0 Å². The van der Waals surface area contributed by atoms with E-state index in [1.807, 2.05) is 12.1 Å². The Morgan fingerprint density at radius 3 is 2.20 bits per heavy atom. The topological polar surface area (TPSA) is 85.6 Å². The molecule has 1 aromatic carbocycles. The molecule has 0 aliphatic rings. The number of methoxy groups -OCH3 is 2. The first-order chi connectivity index (χ1) is 9.06. The van der Waals surface area contributed by atoms with Crippen LogP contribution in [0.2, 0.25) is 0 Å². The molecule has 0 saturated carbocycles. The molecule has 1 rings (SSSR count). The number of hydrogen-bond acceptors (Lipinski definition) is 5.